The molecule has 0 bridgehead atoms. The number of hydrogen-bond acceptors (Lipinski definition) is 6. The number of halogens is 1. The van der Waals surface area contributed by atoms with E-state index in [1.165, 1.54) is 17.8 Å². The summed E-state index contributed by atoms with van der Waals surface area (Å²) in [6, 6.07) is 4.63. The highest BCUT2D eigenvalue weighted by Crippen LogP contribution is 2.20. The molecule has 1 aliphatic rings. The van der Waals surface area contributed by atoms with Gasteiger partial charge in [-0.1, -0.05) is 17.8 Å². The first-order chi connectivity index (χ1) is 12.5. The number of nitrogens with one attached hydrogen (secondary N) is 1. The fourth-order valence-corrected chi connectivity index (χ4v) is 3.36. The average molecular weight is 379 g/mol. The zero-order chi connectivity index (χ0) is 18.5. The van der Waals surface area contributed by atoms with Crippen molar-refractivity contribution in [1.29, 1.82) is 0 Å². The Morgan fingerprint density at radius 2 is 2.12 bits per heavy atom. The lowest BCUT2D eigenvalue weighted by Gasteiger charge is -2.25. The number of ether oxygens (including phenoxy) is 1. The second kappa shape index (κ2) is 8.61. The number of carbonyl (C=O) groups is 1. The third kappa shape index (κ3) is 4.60. The molecule has 0 radical (unpaired) electrons. The van der Waals surface area contributed by atoms with E-state index in [1.807, 2.05) is 11.6 Å². The summed E-state index contributed by atoms with van der Waals surface area (Å²) >= 11 is 1.31. The number of amides is 1. The Balaban J connectivity index is 1.54. The number of aromatic nitrogens is 3. The van der Waals surface area contributed by atoms with Crippen molar-refractivity contribution in [3.05, 3.63) is 35.4 Å². The van der Waals surface area contributed by atoms with Crippen LogP contribution in [0.4, 0.5) is 10.1 Å². The maximum atomic E-state index is 13.5. The van der Waals surface area contributed by atoms with E-state index in [0.29, 0.717) is 23.0 Å². The Bertz CT molecular complexity index is 777. The van der Waals surface area contributed by atoms with Gasteiger partial charge in [-0.25, -0.2) is 4.39 Å². The van der Waals surface area contributed by atoms with Gasteiger partial charge in [-0.15, -0.1) is 10.2 Å². The first kappa shape index (κ1) is 18.8. The zero-order valence-electron chi connectivity index (χ0n) is 14.9. The minimum atomic E-state index is -0.337. The zero-order valence-corrected chi connectivity index (χ0v) is 15.7. The molecule has 1 aromatic carbocycles. The lowest BCUT2D eigenvalue weighted by Crippen LogP contribution is -2.36. The van der Waals surface area contributed by atoms with Crippen LogP contribution in [0.5, 0.6) is 0 Å². The van der Waals surface area contributed by atoms with Crippen LogP contribution in [0.25, 0.3) is 0 Å². The molecule has 2 heterocycles. The predicted octanol–water partition coefficient (Wildman–Crippen LogP) is 1.83. The third-order valence-corrected chi connectivity index (χ3v) is 5.29. The smallest absolute Gasteiger partial charge is 0.234 e. The lowest BCUT2D eigenvalue weighted by molar-refractivity contribution is -0.113. The second-order valence-electron chi connectivity index (χ2n) is 6.10. The molecule has 0 saturated carbocycles. The number of thioether (sulfide) groups is 1. The molecule has 0 aliphatic carbocycles. The first-order valence-electron chi connectivity index (χ1n) is 8.40. The molecule has 26 heavy (non-hydrogen) atoms. The number of morpholine rings is 1. The van der Waals surface area contributed by atoms with E-state index in [9.17, 15) is 9.18 Å². The summed E-state index contributed by atoms with van der Waals surface area (Å²) in [5.41, 5.74) is 0.916. The Kier molecular flexibility index (Phi) is 6.23. The van der Waals surface area contributed by atoms with Crippen molar-refractivity contribution in [3.63, 3.8) is 0 Å². The maximum absolute atomic E-state index is 13.5. The summed E-state index contributed by atoms with van der Waals surface area (Å²) < 4.78 is 20.8. The number of carbonyl (C=O) groups excluding carboxylic acids is 1. The molecule has 0 atom stereocenters. The van der Waals surface area contributed by atoms with Gasteiger partial charge < -0.3 is 14.6 Å². The molecule has 140 valence electrons. The van der Waals surface area contributed by atoms with Gasteiger partial charge in [0.15, 0.2) is 5.16 Å². The van der Waals surface area contributed by atoms with E-state index in [2.05, 4.69) is 20.4 Å². The highest BCUT2D eigenvalue weighted by molar-refractivity contribution is 7.99. The summed E-state index contributed by atoms with van der Waals surface area (Å²) in [6.07, 6.45) is 0. The number of rotatable bonds is 6. The van der Waals surface area contributed by atoms with Crippen LogP contribution in [0, 0.1) is 12.7 Å². The number of anilines is 1. The van der Waals surface area contributed by atoms with Crippen molar-refractivity contribution >= 4 is 23.4 Å². The number of hydrogen-bond donors (Lipinski definition) is 1. The Labute approximate surface area is 155 Å². The van der Waals surface area contributed by atoms with Gasteiger partial charge in [0, 0.05) is 31.4 Å². The topological polar surface area (TPSA) is 72.3 Å². The van der Waals surface area contributed by atoms with Crippen LogP contribution in [-0.4, -0.2) is 57.6 Å². The summed E-state index contributed by atoms with van der Waals surface area (Å²) in [7, 11) is 1.90. The molecule has 1 amide bonds. The van der Waals surface area contributed by atoms with E-state index in [1.54, 1.807) is 19.1 Å². The highest BCUT2D eigenvalue weighted by atomic mass is 32.2. The Morgan fingerprint density at radius 3 is 2.88 bits per heavy atom. The standard InChI is InChI=1S/C17H22FN5O2S/c1-12-13(18)4-3-5-14(12)19-16(24)11-26-17-21-20-15(22(17)2)10-23-6-8-25-9-7-23/h3-5H,6-11H2,1-2H3,(H,19,24). The monoisotopic (exact) mass is 379 g/mol. The maximum Gasteiger partial charge on any atom is 0.234 e. The quantitative estimate of drug-likeness (QED) is 0.772. The normalized spacial score (nSPS) is 15.2. The van der Waals surface area contributed by atoms with Crippen molar-refractivity contribution in [2.45, 2.75) is 18.6 Å². The number of benzene rings is 1. The molecule has 9 heteroatoms. The SMILES string of the molecule is Cc1c(F)cccc1NC(=O)CSc1nnc(CN2CCOCC2)n1C. The van der Waals surface area contributed by atoms with Gasteiger partial charge in [0.1, 0.15) is 11.6 Å². The Hall–Kier alpha value is -1.97. The summed E-state index contributed by atoms with van der Waals surface area (Å²) in [5, 5.41) is 11.8. The van der Waals surface area contributed by atoms with Crippen molar-refractivity contribution in [2.75, 3.05) is 37.4 Å². The van der Waals surface area contributed by atoms with E-state index in [-0.39, 0.29) is 17.5 Å². The van der Waals surface area contributed by atoms with E-state index < -0.39 is 0 Å². The molecule has 0 unspecified atom stereocenters. The molecule has 1 saturated heterocycles. The summed E-state index contributed by atoms with van der Waals surface area (Å²) in [4.78, 5) is 14.4. The molecule has 1 fully saturated rings. The van der Waals surface area contributed by atoms with Gasteiger partial charge in [-0.05, 0) is 19.1 Å². The highest BCUT2D eigenvalue weighted by Gasteiger charge is 2.17. The van der Waals surface area contributed by atoms with Gasteiger partial charge >= 0.3 is 0 Å². The van der Waals surface area contributed by atoms with E-state index in [0.717, 1.165) is 32.1 Å². The van der Waals surface area contributed by atoms with Gasteiger partial charge in [0.25, 0.3) is 0 Å². The molecule has 2 aromatic rings. The molecule has 1 aromatic heterocycles. The van der Waals surface area contributed by atoms with Crippen LogP contribution in [-0.2, 0) is 23.1 Å². The fourth-order valence-electron chi connectivity index (χ4n) is 2.63. The van der Waals surface area contributed by atoms with E-state index >= 15 is 0 Å². The fraction of sp³-hybridized carbons (Fsp3) is 0.471. The molecular weight excluding hydrogens is 357 g/mol. The molecule has 7 nitrogen and oxygen atoms in total. The van der Waals surface area contributed by atoms with Gasteiger partial charge in [0.2, 0.25) is 5.91 Å². The van der Waals surface area contributed by atoms with Crippen LogP contribution in [0.2, 0.25) is 0 Å². The molecule has 0 spiro atoms. The molecule has 1 aliphatic heterocycles. The largest absolute Gasteiger partial charge is 0.379 e. The summed E-state index contributed by atoms with van der Waals surface area (Å²) in [6.45, 7) is 5.58. The Morgan fingerprint density at radius 1 is 1.35 bits per heavy atom. The van der Waals surface area contributed by atoms with Crippen LogP contribution >= 0.6 is 11.8 Å². The lowest BCUT2D eigenvalue weighted by atomic mass is 10.2. The van der Waals surface area contributed by atoms with Gasteiger partial charge in [-0.2, -0.15) is 0 Å². The van der Waals surface area contributed by atoms with Crippen LogP contribution < -0.4 is 5.32 Å². The van der Waals surface area contributed by atoms with Crippen molar-refractivity contribution < 1.29 is 13.9 Å². The molecule has 1 N–H and O–H groups in total. The average Bonchev–Trinajstić information content (AvgIpc) is 2.98. The van der Waals surface area contributed by atoms with E-state index in [4.69, 9.17) is 4.74 Å². The minimum Gasteiger partial charge on any atom is -0.379 e. The summed E-state index contributed by atoms with van der Waals surface area (Å²) in [5.74, 6) is 0.494. The molecular formula is C17H22FN5O2S. The minimum absolute atomic E-state index is 0.180. The van der Waals surface area contributed by atoms with Crippen molar-refractivity contribution in [2.24, 2.45) is 7.05 Å². The molecule has 3 rings (SSSR count). The predicted molar refractivity (Wildman–Crippen MR) is 97.6 cm³/mol. The second-order valence-corrected chi connectivity index (χ2v) is 7.04. The van der Waals surface area contributed by atoms with Crippen molar-refractivity contribution in [1.82, 2.24) is 19.7 Å². The first-order valence-corrected chi connectivity index (χ1v) is 9.39. The third-order valence-electron chi connectivity index (χ3n) is 4.27. The van der Waals surface area contributed by atoms with Gasteiger partial charge in [-0.3, -0.25) is 9.69 Å². The van der Waals surface area contributed by atoms with Gasteiger partial charge in [0.05, 0.1) is 25.5 Å². The van der Waals surface area contributed by atoms with Crippen LogP contribution in [0.1, 0.15) is 11.4 Å². The van der Waals surface area contributed by atoms with Crippen LogP contribution in [0.3, 0.4) is 0 Å². The van der Waals surface area contributed by atoms with Crippen LogP contribution in [0.15, 0.2) is 23.4 Å². The number of nitrogens with zero attached hydrogens (tertiary/aromatic N) is 4. The van der Waals surface area contributed by atoms with Crippen molar-refractivity contribution in [3.8, 4) is 0 Å².